The van der Waals surface area contributed by atoms with Gasteiger partial charge in [0.25, 0.3) is 0 Å². The first-order chi connectivity index (χ1) is 7.38. The van der Waals surface area contributed by atoms with Crippen molar-refractivity contribution in [1.29, 1.82) is 0 Å². The summed E-state index contributed by atoms with van der Waals surface area (Å²) >= 11 is 0. The minimum absolute atomic E-state index is 0.660. The standard InChI is InChI=1S/C13H20N2/c1-3-5-11-15(12-6-4-2)13-7-9-14-10-8-13/h13-14H,7-12H2,1-2H3. The van der Waals surface area contributed by atoms with Gasteiger partial charge < -0.3 is 5.32 Å². The van der Waals surface area contributed by atoms with Gasteiger partial charge in [-0.15, -0.1) is 11.8 Å². The summed E-state index contributed by atoms with van der Waals surface area (Å²) in [6, 6.07) is 0.660. The van der Waals surface area contributed by atoms with Crippen molar-refractivity contribution in [3.05, 3.63) is 0 Å². The Balaban J connectivity index is 2.49. The average Bonchev–Trinajstić information content (AvgIpc) is 2.30. The third-order valence-electron chi connectivity index (χ3n) is 2.74. The lowest BCUT2D eigenvalue weighted by Crippen LogP contribution is -2.43. The molecule has 0 amide bonds. The van der Waals surface area contributed by atoms with Gasteiger partial charge in [-0.1, -0.05) is 11.8 Å². The minimum atomic E-state index is 0.660. The van der Waals surface area contributed by atoms with Crippen LogP contribution in [0.15, 0.2) is 0 Å². The molecule has 0 bridgehead atoms. The first kappa shape index (κ1) is 12.1. The number of nitrogens with one attached hydrogen (secondary N) is 1. The molecule has 1 rings (SSSR count). The maximum atomic E-state index is 3.38. The molecule has 15 heavy (non-hydrogen) atoms. The second kappa shape index (κ2) is 7.35. The summed E-state index contributed by atoms with van der Waals surface area (Å²) in [5.74, 6) is 12.2. The van der Waals surface area contributed by atoms with Crippen LogP contribution in [-0.2, 0) is 0 Å². The van der Waals surface area contributed by atoms with Crippen LogP contribution in [0.4, 0.5) is 0 Å². The fourth-order valence-corrected chi connectivity index (χ4v) is 1.85. The Hall–Kier alpha value is -0.960. The zero-order chi connectivity index (χ0) is 10.9. The average molecular weight is 204 g/mol. The summed E-state index contributed by atoms with van der Waals surface area (Å²) in [6.07, 6.45) is 2.44. The minimum Gasteiger partial charge on any atom is -0.317 e. The first-order valence-electron chi connectivity index (χ1n) is 5.62. The van der Waals surface area contributed by atoms with E-state index in [9.17, 15) is 0 Å². The number of rotatable bonds is 3. The molecule has 2 heteroatoms. The molecule has 0 spiro atoms. The van der Waals surface area contributed by atoms with Gasteiger partial charge in [0.15, 0.2) is 0 Å². The lowest BCUT2D eigenvalue weighted by molar-refractivity contribution is 0.202. The Kier molecular flexibility index (Phi) is 5.93. The zero-order valence-electron chi connectivity index (χ0n) is 9.77. The highest BCUT2D eigenvalue weighted by atomic mass is 15.2. The van der Waals surface area contributed by atoms with Crippen LogP contribution in [-0.4, -0.2) is 37.1 Å². The van der Waals surface area contributed by atoms with Gasteiger partial charge in [0.1, 0.15) is 0 Å². The molecule has 0 aromatic rings. The van der Waals surface area contributed by atoms with Crippen molar-refractivity contribution in [2.75, 3.05) is 26.2 Å². The monoisotopic (exact) mass is 204 g/mol. The van der Waals surface area contributed by atoms with Crippen LogP contribution in [0.5, 0.6) is 0 Å². The van der Waals surface area contributed by atoms with Crippen molar-refractivity contribution in [1.82, 2.24) is 10.2 Å². The highest BCUT2D eigenvalue weighted by Crippen LogP contribution is 2.10. The second-order valence-electron chi connectivity index (χ2n) is 3.74. The third kappa shape index (κ3) is 4.38. The Bertz CT molecular complexity index is 259. The number of piperidine rings is 1. The van der Waals surface area contributed by atoms with Crippen molar-refractivity contribution in [3.8, 4) is 23.7 Å². The van der Waals surface area contributed by atoms with Crippen LogP contribution in [0.3, 0.4) is 0 Å². The van der Waals surface area contributed by atoms with Crippen molar-refractivity contribution >= 4 is 0 Å². The molecule has 2 nitrogen and oxygen atoms in total. The summed E-state index contributed by atoms with van der Waals surface area (Å²) in [6.45, 7) is 7.75. The lowest BCUT2D eigenvalue weighted by Gasteiger charge is -2.31. The van der Waals surface area contributed by atoms with Gasteiger partial charge in [-0.05, 0) is 39.8 Å². The topological polar surface area (TPSA) is 15.3 Å². The van der Waals surface area contributed by atoms with Gasteiger partial charge in [-0.2, -0.15) is 0 Å². The highest BCUT2D eigenvalue weighted by Gasteiger charge is 2.18. The molecule has 0 atom stereocenters. The fraction of sp³-hybridized carbons (Fsp3) is 0.692. The van der Waals surface area contributed by atoms with Crippen LogP contribution < -0.4 is 5.32 Å². The molecular weight excluding hydrogens is 184 g/mol. The quantitative estimate of drug-likeness (QED) is 0.692. The molecule has 1 heterocycles. The van der Waals surface area contributed by atoms with Crippen LogP contribution in [0.1, 0.15) is 26.7 Å². The maximum Gasteiger partial charge on any atom is 0.0612 e. The molecule has 0 radical (unpaired) electrons. The maximum absolute atomic E-state index is 3.38. The van der Waals surface area contributed by atoms with E-state index in [1.54, 1.807) is 0 Å². The van der Waals surface area contributed by atoms with Crippen molar-refractivity contribution in [2.24, 2.45) is 0 Å². The third-order valence-corrected chi connectivity index (χ3v) is 2.74. The van der Waals surface area contributed by atoms with Gasteiger partial charge in [0, 0.05) is 6.04 Å². The molecule has 0 aromatic carbocycles. The van der Waals surface area contributed by atoms with E-state index in [0.29, 0.717) is 6.04 Å². The summed E-state index contributed by atoms with van der Waals surface area (Å²) in [7, 11) is 0. The summed E-state index contributed by atoms with van der Waals surface area (Å²) in [5.41, 5.74) is 0. The molecule has 1 fully saturated rings. The number of nitrogens with zero attached hydrogens (tertiary/aromatic N) is 1. The molecule has 82 valence electrons. The van der Waals surface area contributed by atoms with Crippen LogP contribution in [0.2, 0.25) is 0 Å². The molecule has 1 aliphatic heterocycles. The van der Waals surface area contributed by atoms with E-state index >= 15 is 0 Å². The van der Waals surface area contributed by atoms with Gasteiger partial charge in [0.05, 0.1) is 13.1 Å². The normalized spacial score (nSPS) is 16.5. The molecular formula is C13H20N2. The SMILES string of the molecule is CC#CCN(CC#CC)C1CCNCC1. The van der Waals surface area contributed by atoms with Gasteiger partial charge in [-0.3, -0.25) is 4.90 Å². The molecule has 0 unspecified atom stereocenters. The van der Waals surface area contributed by atoms with E-state index in [1.165, 1.54) is 12.8 Å². The van der Waals surface area contributed by atoms with E-state index < -0.39 is 0 Å². The summed E-state index contributed by atoms with van der Waals surface area (Å²) in [4.78, 5) is 2.40. The Morgan fingerprint density at radius 3 is 2.07 bits per heavy atom. The van der Waals surface area contributed by atoms with Crippen LogP contribution in [0.25, 0.3) is 0 Å². The van der Waals surface area contributed by atoms with E-state index in [-0.39, 0.29) is 0 Å². The zero-order valence-corrected chi connectivity index (χ0v) is 9.77. The van der Waals surface area contributed by atoms with Gasteiger partial charge in [-0.25, -0.2) is 0 Å². The predicted molar refractivity (Wildman–Crippen MR) is 64.4 cm³/mol. The lowest BCUT2D eigenvalue weighted by atomic mass is 10.0. The van der Waals surface area contributed by atoms with E-state index in [4.69, 9.17) is 0 Å². The number of hydrogen-bond donors (Lipinski definition) is 1. The molecule has 0 aromatic heterocycles. The Morgan fingerprint density at radius 1 is 1.07 bits per heavy atom. The van der Waals surface area contributed by atoms with E-state index in [2.05, 4.69) is 33.9 Å². The summed E-state index contributed by atoms with van der Waals surface area (Å²) < 4.78 is 0. The predicted octanol–water partition coefficient (Wildman–Crippen LogP) is 1.09. The second-order valence-corrected chi connectivity index (χ2v) is 3.74. The summed E-state index contributed by atoms with van der Waals surface area (Å²) in [5, 5.41) is 3.38. The molecule has 1 aliphatic rings. The fourth-order valence-electron chi connectivity index (χ4n) is 1.85. The number of hydrogen-bond acceptors (Lipinski definition) is 2. The molecule has 0 aliphatic carbocycles. The molecule has 1 N–H and O–H groups in total. The van der Waals surface area contributed by atoms with Crippen molar-refractivity contribution < 1.29 is 0 Å². The largest absolute Gasteiger partial charge is 0.317 e. The van der Waals surface area contributed by atoms with Gasteiger partial charge in [0.2, 0.25) is 0 Å². The molecule has 1 saturated heterocycles. The molecule has 0 saturated carbocycles. The van der Waals surface area contributed by atoms with Crippen molar-refractivity contribution in [2.45, 2.75) is 32.7 Å². The Morgan fingerprint density at radius 2 is 1.60 bits per heavy atom. The van der Waals surface area contributed by atoms with Crippen LogP contribution in [0, 0.1) is 23.7 Å². The first-order valence-corrected chi connectivity index (χ1v) is 5.62. The van der Waals surface area contributed by atoms with Crippen molar-refractivity contribution in [3.63, 3.8) is 0 Å². The van der Waals surface area contributed by atoms with Crippen LogP contribution >= 0.6 is 0 Å². The van der Waals surface area contributed by atoms with E-state index in [1.807, 2.05) is 13.8 Å². The van der Waals surface area contributed by atoms with Gasteiger partial charge >= 0.3 is 0 Å². The smallest absolute Gasteiger partial charge is 0.0612 e. The van der Waals surface area contributed by atoms with E-state index in [0.717, 1.165) is 26.2 Å². The highest BCUT2D eigenvalue weighted by molar-refractivity contribution is 5.04. The Labute approximate surface area is 93.4 Å².